The van der Waals surface area contributed by atoms with Gasteiger partial charge >= 0.3 is 0 Å². The van der Waals surface area contributed by atoms with Crippen LogP contribution in [0.3, 0.4) is 0 Å². The highest BCUT2D eigenvalue weighted by atomic mass is 35.5. The molecule has 0 spiro atoms. The Kier molecular flexibility index (Phi) is 8.10. The standard InChI is InChI=1S/C21H26N2O3.ClH/c22-18(14-15-6-2-1-3-7-15)21(25)23-16-10-12-17(13-11-16)26-20-9-5-4-8-19(20)24;/h1-3,6-7,10-13,18-20,24H,4-5,8-9,14,22H2,(H,23,25);1H/t18-,19?,20?;/m0./s1. The van der Waals surface area contributed by atoms with Gasteiger partial charge in [-0.05, 0) is 55.5 Å². The topological polar surface area (TPSA) is 84.6 Å². The minimum absolute atomic E-state index is 0. The van der Waals surface area contributed by atoms with Crippen LogP contribution in [0.4, 0.5) is 5.69 Å². The maximum absolute atomic E-state index is 12.3. The molecule has 2 unspecified atom stereocenters. The molecule has 1 saturated carbocycles. The number of hydrogen-bond donors (Lipinski definition) is 3. The lowest BCUT2D eigenvalue weighted by Gasteiger charge is -2.28. The van der Waals surface area contributed by atoms with E-state index in [0.717, 1.165) is 31.2 Å². The zero-order chi connectivity index (χ0) is 18.4. The zero-order valence-electron chi connectivity index (χ0n) is 15.2. The minimum Gasteiger partial charge on any atom is -0.488 e. The number of halogens is 1. The number of hydrogen-bond acceptors (Lipinski definition) is 4. The highest BCUT2D eigenvalue weighted by Crippen LogP contribution is 2.25. The van der Waals surface area contributed by atoms with Crippen molar-refractivity contribution in [2.24, 2.45) is 5.73 Å². The first-order valence-electron chi connectivity index (χ1n) is 9.17. The second-order valence-electron chi connectivity index (χ2n) is 6.82. The number of aliphatic hydroxyl groups excluding tert-OH is 1. The van der Waals surface area contributed by atoms with Gasteiger partial charge < -0.3 is 20.9 Å². The molecule has 6 heteroatoms. The van der Waals surface area contributed by atoms with E-state index in [-0.39, 0.29) is 24.4 Å². The number of nitrogens with one attached hydrogen (secondary N) is 1. The van der Waals surface area contributed by atoms with E-state index in [0.29, 0.717) is 17.9 Å². The van der Waals surface area contributed by atoms with Crippen molar-refractivity contribution in [3.8, 4) is 5.75 Å². The molecule has 3 atom stereocenters. The van der Waals surface area contributed by atoms with Crippen molar-refractivity contribution in [3.63, 3.8) is 0 Å². The van der Waals surface area contributed by atoms with Gasteiger partial charge in [-0.15, -0.1) is 12.4 Å². The van der Waals surface area contributed by atoms with E-state index < -0.39 is 12.1 Å². The second-order valence-corrected chi connectivity index (χ2v) is 6.82. The third-order valence-electron chi connectivity index (χ3n) is 4.71. The number of amides is 1. The van der Waals surface area contributed by atoms with Crippen LogP contribution < -0.4 is 15.8 Å². The fraction of sp³-hybridized carbons (Fsp3) is 0.381. The van der Waals surface area contributed by atoms with Crippen LogP contribution in [0.15, 0.2) is 54.6 Å². The average Bonchev–Trinajstić information content (AvgIpc) is 2.66. The van der Waals surface area contributed by atoms with Crippen molar-refractivity contribution in [2.45, 2.75) is 50.4 Å². The molecule has 0 saturated heterocycles. The molecular formula is C21H27ClN2O3. The summed E-state index contributed by atoms with van der Waals surface area (Å²) in [7, 11) is 0. The summed E-state index contributed by atoms with van der Waals surface area (Å²) in [4.78, 5) is 12.3. The molecule has 1 fully saturated rings. The maximum atomic E-state index is 12.3. The summed E-state index contributed by atoms with van der Waals surface area (Å²) >= 11 is 0. The Labute approximate surface area is 166 Å². The van der Waals surface area contributed by atoms with Crippen LogP contribution in [0, 0.1) is 0 Å². The fourth-order valence-corrected chi connectivity index (χ4v) is 3.20. The Bertz CT molecular complexity index is 709. The largest absolute Gasteiger partial charge is 0.488 e. The van der Waals surface area contributed by atoms with Gasteiger partial charge in [0.05, 0.1) is 12.1 Å². The van der Waals surface area contributed by atoms with Gasteiger partial charge in [-0.3, -0.25) is 4.79 Å². The highest BCUT2D eigenvalue weighted by Gasteiger charge is 2.24. The van der Waals surface area contributed by atoms with Crippen LogP contribution in [0.1, 0.15) is 31.2 Å². The Morgan fingerprint density at radius 3 is 2.44 bits per heavy atom. The van der Waals surface area contributed by atoms with Crippen molar-refractivity contribution in [3.05, 3.63) is 60.2 Å². The SMILES string of the molecule is Cl.N[C@@H](Cc1ccccc1)C(=O)Nc1ccc(OC2CCCCC2O)cc1. The van der Waals surface area contributed by atoms with E-state index in [1.54, 1.807) is 24.3 Å². The lowest BCUT2D eigenvalue weighted by Crippen LogP contribution is -2.37. The molecule has 1 amide bonds. The lowest BCUT2D eigenvalue weighted by atomic mass is 9.95. The van der Waals surface area contributed by atoms with Gasteiger partial charge in [-0.2, -0.15) is 0 Å². The molecule has 0 aliphatic heterocycles. The van der Waals surface area contributed by atoms with Crippen LogP contribution in [-0.4, -0.2) is 29.3 Å². The number of benzene rings is 2. The summed E-state index contributed by atoms with van der Waals surface area (Å²) in [5.74, 6) is 0.479. The summed E-state index contributed by atoms with van der Waals surface area (Å²) in [5, 5.41) is 12.8. The van der Waals surface area contributed by atoms with Gasteiger partial charge in [0, 0.05) is 5.69 Å². The number of ether oxygens (including phenoxy) is 1. The van der Waals surface area contributed by atoms with Crippen molar-refractivity contribution in [1.29, 1.82) is 0 Å². The molecule has 0 heterocycles. The first kappa shape index (κ1) is 21.2. The third-order valence-corrected chi connectivity index (χ3v) is 4.71. The van der Waals surface area contributed by atoms with Crippen LogP contribution >= 0.6 is 12.4 Å². The summed E-state index contributed by atoms with van der Waals surface area (Å²) < 4.78 is 5.87. The number of rotatable bonds is 6. The van der Waals surface area contributed by atoms with Crippen LogP contribution in [-0.2, 0) is 11.2 Å². The molecule has 5 nitrogen and oxygen atoms in total. The van der Waals surface area contributed by atoms with Gasteiger partial charge in [0.1, 0.15) is 11.9 Å². The van der Waals surface area contributed by atoms with Crippen LogP contribution in [0.25, 0.3) is 0 Å². The predicted octanol–water partition coefficient (Wildman–Crippen LogP) is 3.30. The van der Waals surface area contributed by atoms with E-state index in [4.69, 9.17) is 10.5 Å². The van der Waals surface area contributed by atoms with E-state index in [1.807, 2.05) is 30.3 Å². The van der Waals surface area contributed by atoms with Crippen LogP contribution in [0.5, 0.6) is 5.75 Å². The maximum Gasteiger partial charge on any atom is 0.241 e. The molecule has 27 heavy (non-hydrogen) atoms. The first-order valence-corrected chi connectivity index (χ1v) is 9.17. The van der Waals surface area contributed by atoms with Crippen molar-refractivity contribution in [1.82, 2.24) is 0 Å². The molecule has 3 rings (SSSR count). The molecule has 0 aromatic heterocycles. The van der Waals surface area contributed by atoms with E-state index in [1.165, 1.54) is 0 Å². The Morgan fingerprint density at radius 1 is 1.11 bits per heavy atom. The molecule has 0 bridgehead atoms. The number of nitrogens with two attached hydrogens (primary N) is 1. The molecule has 0 radical (unpaired) electrons. The Hall–Kier alpha value is -2.08. The molecule has 2 aromatic carbocycles. The van der Waals surface area contributed by atoms with E-state index in [9.17, 15) is 9.90 Å². The summed E-state index contributed by atoms with van der Waals surface area (Å²) in [6.45, 7) is 0. The summed E-state index contributed by atoms with van der Waals surface area (Å²) in [6.07, 6.45) is 3.73. The number of carbonyl (C=O) groups excluding carboxylic acids is 1. The van der Waals surface area contributed by atoms with Crippen molar-refractivity contribution in [2.75, 3.05) is 5.32 Å². The second kappa shape index (κ2) is 10.3. The van der Waals surface area contributed by atoms with Gasteiger partial charge in [-0.1, -0.05) is 36.8 Å². The summed E-state index contributed by atoms with van der Waals surface area (Å²) in [6, 6.07) is 16.3. The Morgan fingerprint density at radius 2 is 1.78 bits per heavy atom. The minimum atomic E-state index is -0.606. The number of aliphatic hydroxyl groups is 1. The quantitative estimate of drug-likeness (QED) is 0.706. The van der Waals surface area contributed by atoms with Gasteiger partial charge in [0.15, 0.2) is 0 Å². The fourth-order valence-electron chi connectivity index (χ4n) is 3.20. The van der Waals surface area contributed by atoms with Gasteiger partial charge in [-0.25, -0.2) is 0 Å². The monoisotopic (exact) mass is 390 g/mol. The smallest absolute Gasteiger partial charge is 0.241 e. The normalized spacial score (nSPS) is 20.2. The molecule has 1 aliphatic carbocycles. The molecular weight excluding hydrogens is 364 g/mol. The van der Waals surface area contributed by atoms with E-state index >= 15 is 0 Å². The zero-order valence-corrected chi connectivity index (χ0v) is 16.0. The number of carbonyl (C=O) groups is 1. The molecule has 1 aliphatic rings. The Balaban J connectivity index is 0.00000261. The lowest BCUT2D eigenvalue weighted by molar-refractivity contribution is -0.117. The van der Waals surface area contributed by atoms with Crippen molar-refractivity contribution >= 4 is 24.0 Å². The molecule has 2 aromatic rings. The molecule has 146 valence electrons. The predicted molar refractivity (Wildman–Crippen MR) is 109 cm³/mol. The van der Waals surface area contributed by atoms with Gasteiger partial charge in [0.25, 0.3) is 0 Å². The highest BCUT2D eigenvalue weighted by molar-refractivity contribution is 5.94. The van der Waals surface area contributed by atoms with Crippen LogP contribution in [0.2, 0.25) is 0 Å². The van der Waals surface area contributed by atoms with Gasteiger partial charge in [0.2, 0.25) is 5.91 Å². The first-order chi connectivity index (χ1) is 12.6. The molecule has 4 N–H and O–H groups in total. The van der Waals surface area contributed by atoms with Crippen molar-refractivity contribution < 1.29 is 14.6 Å². The average molecular weight is 391 g/mol. The summed E-state index contributed by atoms with van der Waals surface area (Å²) in [5.41, 5.74) is 7.71. The third kappa shape index (κ3) is 6.24. The number of anilines is 1. The van der Waals surface area contributed by atoms with E-state index in [2.05, 4.69) is 5.32 Å².